The summed E-state index contributed by atoms with van der Waals surface area (Å²) in [6, 6.07) is 4.52. The summed E-state index contributed by atoms with van der Waals surface area (Å²) < 4.78 is 0. The number of hydrogen-bond acceptors (Lipinski definition) is 4. The smallest absolute Gasteiger partial charge is 0.270 e. The van der Waals surface area contributed by atoms with Crippen LogP contribution in [0.25, 0.3) is 0 Å². The number of amides is 2. The van der Waals surface area contributed by atoms with Gasteiger partial charge in [-0.25, -0.2) is 4.98 Å². The van der Waals surface area contributed by atoms with Crippen molar-refractivity contribution in [2.45, 2.75) is 32.9 Å². The fourth-order valence-corrected chi connectivity index (χ4v) is 1.45. The third kappa shape index (κ3) is 4.57. The Kier molecular flexibility index (Phi) is 5.29. The Morgan fingerprint density at radius 1 is 1.16 bits per heavy atom. The van der Waals surface area contributed by atoms with E-state index in [1.807, 2.05) is 13.8 Å². The van der Waals surface area contributed by atoms with Crippen LogP contribution in [0.1, 0.15) is 31.3 Å². The summed E-state index contributed by atoms with van der Waals surface area (Å²) in [7, 11) is 1.72. The summed E-state index contributed by atoms with van der Waals surface area (Å²) in [5, 5.41) is 8.20. The van der Waals surface area contributed by atoms with E-state index in [0.717, 1.165) is 0 Å². The van der Waals surface area contributed by atoms with E-state index in [-0.39, 0.29) is 23.6 Å². The zero-order chi connectivity index (χ0) is 14.4. The molecule has 0 fully saturated rings. The van der Waals surface area contributed by atoms with E-state index in [4.69, 9.17) is 0 Å². The van der Waals surface area contributed by atoms with Crippen molar-refractivity contribution in [3.8, 4) is 0 Å². The van der Waals surface area contributed by atoms with Crippen molar-refractivity contribution in [2.24, 2.45) is 0 Å². The topological polar surface area (TPSA) is 83.1 Å². The number of carbonyl (C=O) groups excluding carboxylic acids is 2. The van der Waals surface area contributed by atoms with Gasteiger partial charge in [0.25, 0.3) is 5.91 Å². The van der Waals surface area contributed by atoms with Crippen LogP contribution in [0.4, 0.5) is 5.82 Å². The van der Waals surface area contributed by atoms with Crippen molar-refractivity contribution in [3.63, 3.8) is 0 Å². The molecule has 0 aromatic carbocycles. The molecule has 3 N–H and O–H groups in total. The number of pyridine rings is 1. The summed E-state index contributed by atoms with van der Waals surface area (Å²) in [6.45, 7) is 5.37. The average Bonchev–Trinajstić information content (AvgIpc) is 2.37. The Labute approximate surface area is 113 Å². The molecule has 0 aliphatic carbocycles. The minimum absolute atomic E-state index is 0.0394. The largest absolute Gasteiger partial charge is 0.373 e. The summed E-state index contributed by atoms with van der Waals surface area (Å²) >= 11 is 0. The molecule has 1 atom stereocenters. The predicted molar refractivity (Wildman–Crippen MR) is 74.0 cm³/mol. The summed E-state index contributed by atoms with van der Waals surface area (Å²) in [4.78, 5) is 27.7. The van der Waals surface area contributed by atoms with E-state index in [1.165, 1.54) is 0 Å². The monoisotopic (exact) mass is 264 g/mol. The van der Waals surface area contributed by atoms with Crippen LogP contribution < -0.4 is 16.0 Å². The van der Waals surface area contributed by atoms with Crippen molar-refractivity contribution < 1.29 is 9.59 Å². The number of nitrogens with zero attached hydrogens (tertiary/aromatic N) is 1. The number of rotatable bonds is 5. The van der Waals surface area contributed by atoms with E-state index >= 15 is 0 Å². The standard InChI is InChI=1S/C13H20N4O2/c1-8(2)15-12(18)9(3)16-13(19)10-6-5-7-11(14-4)17-10/h5-9H,1-4H3,(H,14,17)(H,15,18)(H,16,19). The highest BCUT2D eigenvalue weighted by Crippen LogP contribution is 2.03. The first-order chi connectivity index (χ1) is 8.93. The van der Waals surface area contributed by atoms with E-state index in [0.29, 0.717) is 5.82 Å². The van der Waals surface area contributed by atoms with E-state index < -0.39 is 6.04 Å². The molecule has 1 unspecified atom stereocenters. The van der Waals surface area contributed by atoms with Crippen LogP contribution in [0.2, 0.25) is 0 Å². The van der Waals surface area contributed by atoms with Crippen molar-refractivity contribution in [3.05, 3.63) is 23.9 Å². The Bertz CT molecular complexity index is 460. The van der Waals surface area contributed by atoms with Gasteiger partial charge in [-0.15, -0.1) is 0 Å². The summed E-state index contributed by atoms with van der Waals surface area (Å²) in [6.07, 6.45) is 0. The molecular weight excluding hydrogens is 244 g/mol. The zero-order valence-corrected chi connectivity index (χ0v) is 11.7. The lowest BCUT2D eigenvalue weighted by molar-refractivity contribution is -0.123. The van der Waals surface area contributed by atoms with E-state index in [1.54, 1.807) is 32.2 Å². The van der Waals surface area contributed by atoms with Gasteiger partial charge in [-0.05, 0) is 32.9 Å². The molecule has 1 heterocycles. The Hall–Kier alpha value is -2.11. The minimum Gasteiger partial charge on any atom is -0.373 e. The van der Waals surface area contributed by atoms with Crippen molar-refractivity contribution >= 4 is 17.6 Å². The number of carbonyl (C=O) groups is 2. The molecule has 0 bridgehead atoms. The van der Waals surface area contributed by atoms with Gasteiger partial charge in [-0.2, -0.15) is 0 Å². The highest BCUT2D eigenvalue weighted by Gasteiger charge is 2.17. The van der Waals surface area contributed by atoms with Gasteiger partial charge in [-0.1, -0.05) is 6.07 Å². The van der Waals surface area contributed by atoms with Crippen molar-refractivity contribution in [1.82, 2.24) is 15.6 Å². The zero-order valence-electron chi connectivity index (χ0n) is 11.7. The molecule has 2 amide bonds. The van der Waals surface area contributed by atoms with Gasteiger partial charge >= 0.3 is 0 Å². The maximum atomic E-state index is 11.9. The van der Waals surface area contributed by atoms with Crippen LogP contribution in [-0.4, -0.2) is 35.9 Å². The van der Waals surface area contributed by atoms with Crippen LogP contribution in [0.3, 0.4) is 0 Å². The number of aromatic nitrogens is 1. The Morgan fingerprint density at radius 2 is 1.84 bits per heavy atom. The lowest BCUT2D eigenvalue weighted by atomic mass is 10.2. The fraction of sp³-hybridized carbons (Fsp3) is 0.462. The van der Waals surface area contributed by atoms with Crippen molar-refractivity contribution in [1.29, 1.82) is 0 Å². The molecule has 1 rings (SSSR count). The molecule has 0 saturated carbocycles. The molecule has 0 saturated heterocycles. The van der Waals surface area contributed by atoms with Crippen molar-refractivity contribution in [2.75, 3.05) is 12.4 Å². The van der Waals surface area contributed by atoms with Crippen LogP contribution in [0.15, 0.2) is 18.2 Å². The van der Waals surface area contributed by atoms with Gasteiger partial charge in [0.1, 0.15) is 17.6 Å². The molecule has 0 aliphatic rings. The first kappa shape index (κ1) is 14.9. The van der Waals surface area contributed by atoms with Crippen LogP contribution in [0, 0.1) is 0 Å². The molecule has 104 valence electrons. The molecular formula is C13H20N4O2. The molecule has 1 aromatic rings. The number of nitrogens with one attached hydrogen (secondary N) is 3. The highest BCUT2D eigenvalue weighted by atomic mass is 16.2. The summed E-state index contributed by atoms with van der Waals surface area (Å²) in [5.74, 6) is 0.0172. The van der Waals surface area contributed by atoms with E-state index in [9.17, 15) is 9.59 Å². The molecule has 1 aromatic heterocycles. The fourth-order valence-electron chi connectivity index (χ4n) is 1.45. The van der Waals surface area contributed by atoms with Crippen LogP contribution in [-0.2, 0) is 4.79 Å². The highest BCUT2D eigenvalue weighted by molar-refractivity contribution is 5.96. The minimum atomic E-state index is -0.602. The number of anilines is 1. The van der Waals surface area contributed by atoms with Gasteiger partial charge in [-0.3, -0.25) is 9.59 Å². The quantitative estimate of drug-likeness (QED) is 0.733. The van der Waals surface area contributed by atoms with Gasteiger partial charge in [0, 0.05) is 13.1 Å². The molecule has 0 radical (unpaired) electrons. The first-order valence-electron chi connectivity index (χ1n) is 6.20. The summed E-state index contributed by atoms with van der Waals surface area (Å²) in [5.41, 5.74) is 0.274. The molecule has 6 nitrogen and oxygen atoms in total. The van der Waals surface area contributed by atoms with Crippen LogP contribution >= 0.6 is 0 Å². The Balaban J connectivity index is 2.65. The van der Waals surface area contributed by atoms with Gasteiger partial charge < -0.3 is 16.0 Å². The second kappa shape index (κ2) is 6.72. The molecule has 6 heteroatoms. The maximum Gasteiger partial charge on any atom is 0.270 e. The second-order valence-electron chi connectivity index (χ2n) is 4.52. The third-order valence-electron chi connectivity index (χ3n) is 2.41. The van der Waals surface area contributed by atoms with Gasteiger partial charge in [0.2, 0.25) is 5.91 Å². The van der Waals surface area contributed by atoms with Crippen LogP contribution in [0.5, 0.6) is 0 Å². The van der Waals surface area contributed by atoms with E-state index in [2.05, 4.69) is 20.9 Å². The first-order valence-corrected chi connectivity index (χ1v) is 6.20. The van der Waals surface area contributed by atoms with Gasteiger partial charge in [0.15, 0.2) is 0 Å². The molecule has 19 heavy (non-hydrogen) atoms. The SMILES string of the molecule is CNc1cccc(C(=O)NC(C)C(=O)NC(C)C)n1. The second-order valence-corrected chi connectivity index (χ2v) is 4.52. The Morgan fingerprint density at radius 3 is 2.42 bits per heavy atom. The third-order valence-corrected chi connectivity index (χ3v) is 2.41. The lowest BCUT2D eigenvalue weighted by Gasteiger charge is -2.15. The average molecular weight is 264 g/mol. The molecule has 0 aliphatic heterocycles. The predicted octanol–water partition coefficient (Wildman–Crippen LogP) is 0.766. The molecule has 0 spiro atoms. The lowest BCUT2D eigenvalue weighted by Crippen LogP contribution is -2.46. The van der Waals surface area contributed by atoms with Gasteiger partial charge in [0.05, 0.1) is 0 Å². The maximum absolute atomic E-state index is 11.9. The normalized spacial score (nSPS) is 11.8. The number of hydrogen-bond donors (Lipinski definition) is 3.